The number of carbonyl (C=O) groups is 1. The zero-order valence-electron chi connectivity index (χ0n) is 13.1. The second-order valence-corrected chi connectivity index (χ2v) is 5.54. The number of halogens is 1. The monoisotopic (exact) mass is 330 g/mol. The molecule has 7 nitrogen and oxygen atoms in total. The van der Waals surface area contributed by atoms with E-state index < -0.39 is 23.0 Å². The fraction of sp³-hybridized carbons (Fsp3) is 0.188. The molecule has 3 rings (SSSR count). The molecule has 124 valence electrons. The molecule has 0 aliphatic heterocycles. The lowest BCUT2D eigenvalue weighted by atomic mass is 10.1. The second kappa shape index (κ2) is 5.48. The van der Waals surface area contributed by atoms with Gasteiger partial charge in [0, 0.05) is 20.3 Å². The Bertz CT molecular complexity index is 1070. The predicted octanol–water partition coefficient (Wildman–Crippen LogP) is 0.330. The number of hydrogen-bond donors (Lipinski definition) is 1. The number of fused-ring (bicyclic) bond motifs is 1. The van der Waals surface area contributed by atoms with Crippen molar-refractivity contribution in [3.63, 3.8) is 0 Å². The summed E-state index contributed by atoms with van der Waals surface area (Å²) in [6, 6.07) is 5.53. The molecule has 0 fully saturated rings. The number of benzene rings is 1. The van der Waals surface area contributed by atoms with E-state index in [0.717, 1.165) is 4.57 Å². The van der Waals surface area contributed by atoms with Crippen LogP contribution in [-0.2, 0) is 25.4 Å². The van der Waals surface area contributed by atoms with Crippen molar-refractivity contribution in [1.29, 1.82) is 0 Å². The van der Waals surface area contributed by atoms with Crippen LogP contribution in [0.15, 0.2) is 40.1 Å². The van der Waals surface area contributed by atoms with E-state index >= 15 is 0 Å². The highest BCUT2D eigenvalue weighted by Gasteiger charge is 2.20. The van der Waals surface area contributed by atoms with Crippen LogP contribution >= 0.6 is 0 Å². The average Bonchev–Trinajstić information content (AvgIpc) is 2.90. The van der Waals surface area contributed by atoms with Crippen LogP contribution in [0, 0.1) is 5.82 Å². The summed E-state index contributed by atoms with van der Waals surface area (Å²) in [6.45, 7) is -0.168. The fourth-order valence-electron chi connectivity index (χ4n) is 2.80. The highest BCUT2D eigenvalue weighted by Crippen LogP contribution is 2.28. The summed E-state index contributed by atoms with van der Waals surface area (Å²) in [5, 5.41) is 0.271. The third kappa shape index (κ3) is 2.32. The Morgan fingerprint density at radius 2 is 1.75 bits per heavy atom. The van der Waals surface area contributed by atoms with Crippen LogP contribution in [0.5, 0.6) is 0 Å². The molecular formula is C16H15FN4O3. The van der Waals surface area contributed by atoms with Crippen molar-refractivity contribution < 1.29 is 9.18 Å². The van der Waals surface area contributed by atoms with Gasteiger partial charge in [-0.2, -0.15) is 0 Å². The molecule has 0 unspecified atom stereocenters. The van der Waals surface area contributed by atoms with Gasteiger partial charge in [0.05, 0.1) is 16.6 Å². The van der Waals surface area contributed by atoms with E-state index in [-0.39, 0.29) is 11.9 Å². The molecule has 0 spiro atoms. The molecule has 2 aromatic heterocycles. The normalized spacial score (nSPS) is 11.1. The molecule has 2 heterocycles. The van der Waals surface area contributed by atoms with Gasteiger partial charge in [-0.1, -0.05) is 0 Å². The van der Waals surface area contributed by atoms with E-state index in [1.807, 2.05) is 0 Å². The van der Waals surface area contributed by atoms with Crippen LogP contribution in [0.2, 0.25) is 0 Å². The Morgan fingerprint density at radius 3 is 2.33 bits per heavy atom. The lowest BCUT2D eigenvalue weighted by Gasteiger charge is -2.08. The van der Waals surface area contributed by atoms with E-state index in [1.54, 1.807) is 0 Å². The summed E-state index contributed by atoms with van der Waals surface area (Å²) in [5.74, 6) is -1.02. The third-order valence-electron chi connectivity index (χ3n) is 3.96. The van der Waals surface area contributed by atoms with E-state index in [9.17, 15) is 18.8 Å². The summed E-state index contributed by atoms with van der Waals surface area (Å²) in [4.78, 5) is 36.1. The number of hydrogen-bond acceptors (Lipinski definition) is 3. The van der Waals surface area contributed by atoms with Gasteiger partial charge in [0.1, 0.15) is 12.4 Å². The van der Waals surface area contributed by atoms with Crippen molar-refractivity contribution >= 4 is 16.8 Å². The van der Waals surface area contributed by atoms with Crippen LogP contribution in [0.25, 0.3) is 22.2 Å². The molecule has 0 bridgehead atoms. The number of aryl methyl sites for hydroxylation is 1. The summed E-state index contributed by atoms with van der Waals surface area (Å²) in [5.41, 5.74) is 5.65. The first-order valence-electron chi connectivity index (χ1n) is 7.14. The maximum atomic E-state index is 13.2. The maximum absolute atomic E-state index is 13.2. The van der Waals surface area contributed by atoms with Crippen LogP contribution in [0.1, 0.15) is 0 Å². The lowest BCUT2D eigenvalue weighted by molar-refractivity contribution is -0.118. The van der Waals surface area contributed by atoms with Crippen LogP contribution in [-0.4, -0.2) is 19.6 Å². The third-order valence-corrected chi connectivity index (χ3v) is 3.96. The second-order valence-electron chi connectivity index (χ2n) is 5.54. The number of carbonyl (C=O) groups excluding carboxylic acids is 1. The zero-order chi connectivity index (χ0) is 17.6. The van der Waals surface area contributed by atoms with Crippen molar-refractivity contribution in [2.45, 2.75) is 6.54 Å². The standard InChI is InChI=1S/C16H15FN4O3/c1-19-11-7-21(8-12(18)22)14(9-3-5-10(17)6-4-9)13(11)15(23)20(2)16(19)24/h3-7H,8H2,1-2H3,(H2,18,22). The molecule has 2 N–H and O–H groups in total. The summed E-state index contributed by atoms with van der Waals surface area (Å²) < 4.78 is 17.0. The maximum Gasteiger partial charge on any atom is 0.330 e. The van der Waals surface area contributed by atoms with Crippen molar-refractivity contribution in [3.05, 3.63) is 57.1 Å². The minimum Gasteiger partial charge on any atom is -0.368 e. The first-order chi connectivity index (χ1) is 11.3. The number of rotatable bonds is 3. The number of primary amides is 1. The molecule has 1 amide bonds. The van der Waals surface area contributed by atoms with Crippen molar-refractivity contribution in [1.82, 2.24) is 13.7 Å². The van der Waals surface area contributed by atoms with Crippen LogP contribution < -0.4 is 17.0 Å². The molecule has 0 atom stereocenters. The fourth-order valence-corrected chi connectivity index (χ4v) is 2.80. The smallest absolute Gasteiger partial charge is 0.330 e. The summed E-state index contributed by atoms with van der Waals surface area (Å²) >= 11 is 0. The molecule has 8 heteroatoms. The molecule has 0 radical (unpaired) electrons. The van der Waals surface area contributed by atoms with E-state index in [1.165, 1.54) is 53.7 Å². The van der Waals surface area contributed by atoms with Crippen LogP contribution in [0.3, 0.4) is 0 Å². The van der Waals surface area contributed by atoms with Crippen molar-refractivity contribution in [3.8, 4) is 11.3 Å². The number of nitrogens with zero attached hydrogens (tertiary/aromatic N) is 3. The Balaban J connectivity index is 2.48. The van der Waals surface area contributed by atoms with E-state index in [4.69, 9.17) is 5.73 Å². The van der Waals surface area contributed by atoms with Gasteiger partial charge >= 0.3 is 5.69 Å². The van der Waals surface area contributed by atoms with Gasteiger partial charge < -0.3 is 10.3 Å². The quantitative estimate of drug-likeness (QED) is 0.750. The Kier molecular flexibility index (Phi) is 3.59. The largest absolute Gasteiger partial charge is 0.368 e. The molecule has 0 saturated carbocycles. The van der Waals surface area contributed by atoms with Gasteiger partial charge in [0.25, 0.3) is 5.56 Å². The van der Waals surface area contributed by atoms with Crippen molar-refractivity contribution in [2.75, 3.05) is 0 Å². The van der Waals surface area contributed by atoms with E-state index in [2.05, 4.69) is 0 Å². The Labute approximate surface area is 135 Å². The summed E-state index contributed by atoms with van der Waals surface area (Å²) in [6.07, 6.45) is 1.53. The number of amides is 1. The minimum absolute atomic E-state index is 0.168. The Morgan fingerprint density at radius 1 is 1.12 bits per heavy atom. The summed E-state index contributed by atoms with van der Waals surface area (Å²) in [7, 11) is 2.91. The Hall–Kier alpha value is -3.16. The molecule has 3 aromatic rings. The highest BCUT2D eigenvalue weighted by molar-refractivity contribution is 5.94. The zero-order valence-corrected chi connectivity index (χ0v) is 13.1. The van der Waals surface area contributed by atoms with Gasteiger partial charge in [0.15, 0.2) is 0 Å². The molecule has 1 aromatic carbocycles. The SMILES string of the molecule is Cn1c(=O)c2c(-c3ccc(F)cc3)n(CC(N)=O)cc2n(C)c1=O. The first kappa shape index (κ1) is 15.7. The number of nitrogens with two attached hydrogens (primary N) is 1. The average molecular weight is 330 g/mol. The molecule has 0 saturated heterocycles. The van der Waals surface area contributed by atoms with Crippen LogP contribution in [0.4, 0.5) is 4.39 Å². The van der Waals surface area contributed by atoms with Gasteiger partial charge in [-0.05, 0) is 29.8 Å². The molecular weight excluding hydrogens is 315 g/mol. The molecule has 0 aliphatic carbocycles. The predicted molar refractivity (Wildman–Crippen MR) is 87.0 cm³/mol. The molecule has 24 heavy (non-hydrogen) atoms. The van der Waals surface area contributed by atoms with Crippen molar-refractivity contribution in [2.24, 2.45) is 19.8 Å². The van der Waals surface area contributed by atoms with Gasteiger partial charge in [-0.25, -0.2) is 9.18 Å². The van der Waals surface area contributed by atoms with Gasteiger partial charge in [0.2, 0.25) is 5.91 Å². The molecule has 0 aliphatic rings. The lowest BCUT2D eigenvalue weighted by Crippen LogP contribution is -2.36. The van der Waals surface area contributed by atoms with Gasteiger partial charge in [-0.15, -0.1) is 0 Å². The number of aromatic nitrogens is 3. The highest BCUT2D eigenvalue weighted by atomic mass is 19.1. The minimum atomic E-state index is -0.597. The topological polar surface area (TPSA) is 92.0 Å². The van der Waals surface area contributed by atoms with E-state index in [0.29, 0.717) is 16.8 Å². The van der Waals surface area contributed by atoms with Gasteiger partial charge in [-0.3, -0.25) is 18.7 Å². The first-order valence-corrected chi connectivity index (χ1v) is 7.14.